The van der Waals surface area contributed by atoms with E-state index in [1.165, 1.54) is 5.56 Å². The van der Waals surface area contributed by atoms with E-state index < -0.39 is 0 Å². The second-order valence-corrected chi connectivity index (χ2v) is 4.97. The van der Waals surface area contributed by atoms with Crippen molar-refractivity contribution in [1.29, 1.82) is 0 Å². The van der Waals surface area contributed by atoms with Gasteiger partial charge in [0.25, 0.3) is 0 Å². The summed E-state index contributed by atoms with van der Waals surface area (Å²) < 4.78 is 5.57. The van der Waals surface area contributed by atoms with Gasteiger partial charge in [-0.2, -0.15) is 0 Å². The Morgan fingerprint density at radius 1 is 1.32 bits per heavy atom. The van der Waals surface area contributed by atoms with Gasteiger partial charge in [0.05, 0.1) is 12.5 Å². The van der Waals surface area contributed by atoms with Crippen LogP contribution in [-0.4, -0.2) is 25.7 Å². The van der Waals surface area contributed by atoms with Crippen molar-refractivity contribution < 1.29 is 9.53 Å². The van der Waals surface area contributed by atoms with Crippen molar-refractivity contribution in [3.8, 4) is 0 Å². The molecule has 1 saturated heterocycles. The third-order valence-corrected chi connectivity index (χ3v) is 3.31. The Kier molecular flexibility index (Phi) is 5.36. The van der Waals surface area contributed by atoms with Crippen LogP contribution in [0.3, 0.4) is 0 Å². The van der Waals surface area contributed by atoms with Crippen LogP contribution in [0.1, 0.15) is 31.2 Å². The van der Waals surface area contributed by atoms with Gasteiger partial charge in [-0.15, -0.1) is 0 Å². The van der Waals surface area contributed by atoms with Crippen LogP contribution in [0.5, 0.6) is 0 Å². The summed E-state index contributed by atoms with van der Waals surface area (Å²) >= 11 is 0. The number of hydrogen-bond acceptors (Lipinski definition) is 3. The molecule has 2 rings (SSSR count). The minimum Gasteiger partial charge on any atom is -0.378 e. The first-order chi connectivity index (χ1) is 9.28. The van der Waals surface area contributed by atoms with Crippen molar-refractivity contribution in [3.05, 3.63) is 29.8 Å². The maximum Gasteiger partial charge on any atom is 0.226 e. The molecular weight excluding hydrogens is 240 g/mol. The summed E-state index contributed by atoms with van der Waals surface area (Å²) in [6.45, 7) is 1.63. The van der Waals surface area contributed by atoms with Gasteiger partial charge in [0.15, 0.2) is 0 Å². The first-order valence-electron chi connectivity index (χ1n) is 6.93. The number of carbonyl (C=O) groups excluding carboxylic acids is 1. The Labute approximate surface area is 114 Å². The van der Waals surface area contributed by atoms with E-state index in [0.29, 0.717) is 6.42 Å². The molecule has 1 amide bonds. The fourth-order valence-corrected chi connectivity index (χ4v) is 2.30. The van der Waals surface area contributed by atoms with Crippen molar-refractivity contribution in [2.24, 2.45) is 0 Å². The van der Waals surface area contributed by atoms with E-state index in [-0.39, 0.29) is 12.0 Å². The van der Waals surface area contributed by atoms with Gasteiger partial charge in [0.2, 0.25) is 5.91 Å². The third kappa shape index (κ3) is 4.65. The molecule has 1 aliphatic rings. The van der Waals surface area contributed by atoms with Crippen molar-refractivity contribution in [1.82, 2.24) is 5.32 Å². The summed E-state index contributed by atoms with van der Waals surface area (Å²) in [6.07, 6.45) is 3.83. The Morgan fingerprint density at radius 2 is 2.11 bits per heavy atom. The molecule has 0 aliphatic carbocycles. The zero-order chi connectivity index (χ0) is 13.5. The van der Waals surface area contributed by atoms with E-state index in [2.05, 4.69) is 10.6 Å². The van der Waals surface area contributed by atoms with E-state index >= 15 is 0 Å². The molecule has 0 saturated carbocycles. The number of anilines is 1. The summed E-state index contributed by atoms with van der Waals surface area (Å²) in [5, 5.41) is 6.01. The first kappa shape index (κ1) is 14.0. The molecule has 1 aliphatic heterocycles. The highest BCUT2D eigenvalue weighted by atomic mass is 16.5. The summed E-state index contributed by atoms with van der Waals surface area (Å²) in [7, 11) is 1.92. The van der Waals surface area contributed by atoms with Crippen LogP contribution in [0.2, 0.25) is 0 Å². The van der Waals surface area contributed by atoms with Gasteiger partial charge in [0.1, 0.15) is 0 Å². The maximum absolute atomic E-state index is 11.9. The van der Waals surface area contributed by atoms with E-state index in [9.17, 15) is 4.79 Å². The van der Waals surface area contributed by atoms with Crippen LogP contribution in [0.25, 0.3) is 0 Å². The van der Waals surface area contributed by atoms with E-state index in [0.717, 1.165) is 38.1 Å². The molecule has 1 aromatic carbocycles. The molecule has 1 aromatic rings. The Hall–Kier alpha value is -1.39. The lowest BCUT2D eigenvalue weighted by Crippen LogP contribution is -2.25. The molecule has 104 valence electrons. The van der Waals surface area contributed by atoms with Gasteiger partial charge < -0.3 is 15.4 Å². The summed E-state index contributed by atoms with van der Waals surface area (Å²) in [6, 6.07) is 7.91. The van der Waals surface area contributed by atoms with Crippen LogP contribution in [0, 0.1) is 0 Å². The molecule has 0 aromatic heterocycles. The molecule has 0 spiro atoms. The number of nitrogens with one attached hydrogen (secondary N) is 2. The Morgan fingerprint density at radius 3 is 2.74 bits per heavy atom. The lowest BCUT2D eigenvalue weighted by molar-refractivity contribution is -0.119. The third-order valence-electron chi connectivity index (χ3n) is 3.31. The molecule has 1 heterocycles. The van der Waals surface area contributed by atoms with Crippen LogP contribution < -0.4 is 10.6 Å². The number of ether oxygens (including phenoxy) is 1. The normalized spacial score (nSPS) is 19.1. The van der Waals surface area contributed by atoms with Crippen molar-refractivity contribution in [2.45, 2.75) is 38.3 Å². The highest BCUT2D eigenvalue weighted by Crippen LogP contribution is 2.17. The van der Waals surface area contributed by atoms with Crippen LogP contribution in [0.15, 0.2) is 24.3 Å². The summed E-state index contributed by atoms with van der Waals surface area (Å²) in [5.41, 5.74) is 2.05. The second-order valence-electron chi connectivity index (χ2n) is 4.97. The fourth-order valence-electron chi connectivity index (χ4n) is 2.30. The SMILES string of the molecule is CNCc1ccc(NC(=O)CC2CCCCO2)cc1. The molecule has 2 N–H and O–H groups in total. The van der Waals surface area contributed by atoms with Gasteiger partial charge in [0, 0.05) is 18.8 Å². The molecule has 1 unspecified atom stereocenters. The second kappa shape index (κ2) is 7.26. The predicted molar refractivity (Wildman–Crippen MR) is 76.0 cm³/mol. The Bertz CT molecular complexity index is 397. The molecule has 0 radical (unpaired) electrons. The van der Waals surface area contributed by atoms with Gasteiger partial charge in [-0.25, -0.2) is 0 Å². The number of benzene rings is 1. The van der Waals surface area contributed by atoms with Crippen molar-refractivity contribution in [3.63, 3.8) is 0 Å². The first-order valence-corrected chi connectivity index (χ1v) is 6.93. The predicted octanol–water partition coefficient (Wildman–Crippen LogP) is 2.30. The van der Waals surface area contributed by atoms with Gasteiger partial charge >= 0.3 is 0 Å². The van der Waals surface area contributed by atoms with E-state index in [1.54, 1.807) is 0 Å². The van der Waals surface area contributed by atoms with Gasteiger partial charge in [-0.1, -0.05) is 12.1 Å². The highest BCUT2D eigenvalue weighted by molar-refractivity contribution is 5.91. The molecule has 1 fully saturated rings. The molecule has 19 heavy (non-hydrogen) atoms. The zero-order valence-electron chi connectivity index (χ0n) is 11.4. The molecule has 1 atom stereocenters. The van der Waals surface area contributed by atoms with Crippen LogP contribution >= 0.6 is 0 Å². The standard InChI is InChI=1S/C15H22N2O2/c1-16-11-12-5-7-13(8-6-12)17-15(18)10-14-4-2-3-9-19-14/h5-8,14,16H,2-4,9-11H2,1H3,(H,17,18). The Balaban J connectivity index is 1.80. The highest BCUT2D eigenvalue weighted by Gasteiger charge is 2.17. The topological polar surface area (TPSA) is 50.4 Å². The van der Waals surface area contributed by atoms with Gasteiger partial charge in [-0.05, 0) is 44.0 Å². The monoisotopic (exact) mass is 262 g/mol. The summed E-state index contributed by atoms with van der Waals surface area (Å²) in [4.78, 5) is 11.9. The van der Waals surface area contributed by atoms with E-state index in [4.69, 9.17) is 4.74 Å². The lowest BCUT2D eigenvalue weighted by atomic mass is 10.1. The molecular formula is C15H22N2O2. The largest absolute Gasteiger partial charge is 0.378 e. The van der Waals surface area contributed by atoms with Crippen LogP contribution in [0.4, 0.5) is 5.69 Å². The number of rotatable bonds is 5. The maximum atomic E-state index is 11.9. The van der Waals surface area contributed by atoms with Crippen LogP contribution in [-0.2, 0) is 16.1 Å². The average molecular weight is 262 g/mol. The van der Waals surface area contributed by atoms with Crippen molar-refractivity contribution in [2.75, 3.05) is 19.0 Å². The molecule has 0 bridgehead atoms. The van der Waals surface area contributed by atoms with Crippen molar-refractivity contribution >= 4 is 11.6 Å². The quantitative estimate of drug-likeness (QED) is 0.856. The zero-order valence-corrected chi connectivity index (χ0v) is 11.4. The minimum atomic E-state index is 0.0354. The number of amides is 1. The summed E-state index contributed by atoms with van der Waals surface area (Å²) in [5.74, 6) is 0.0354. The average Bonchev–Trinajstić information content (AvgIpc) is 2.42. The minimum absolute atomic E-state index is 0.0354. The van der Waals surface area contributed by atoms with E-state index in [1.807, 2.05) is 31.3 Å². The number of hydrogen-bond donors (Lipinski definition) is 2. The van der Waals surface area contributed by atoms with Gasteiger partial charge in [-0.3, -0.25) is 4.79 Å². The number of carbonyl (C=O) groups is 1. The lowest BCUT2D eigenvalue weighted by Gasteiger charge is -2.21. The molecule has 4 nitrogen and oxygen atoms in total. The fraction of sp³-hybridized carbons (Fsp3) is 0.533. The smallest absolute Gasteiger partial charge is 0.226 e. The molecule has 4 heteroatoms.